The second-order valence-corrected chi connectivity index (χ2v) is 5.44. The average Bonchev–Trinajstić information content (AvgIpc) is 2.47. The van der Waals surface area contributed by atoms with Crippen molar-refractivity contribution in [3.05, 3.63) is 17.7 Å². The molecule has 1 rings (SSSR count). The molecule has 0 aliphatic rings. The van der Waals surface area contributed by atoms with E-state index in [-0.39, 0.29) is 12.4 Å². The van der Waals surface area contributed by atoms with Gasteiger partial charge >= 0.3 is 0 Å². The third-order valence-corrected chi connectivity index (χ3v) is 3.81. The lowest BCUT2D eigenvalue weighted by atomic mass is 10.2. The van der Waals surface area contributed by atoms with E-state index in [4.69, 9.17) is 14.6 Å². The monoisotopic (exact) mass is 301 g/mol. The maximum atomic E-state index is 9.81. The fourth-order valence-electron chi connectivity index (χ4n) is 1.70. The number of aliphatic hydroxyl groups excluding tert-OH is 1. The molecule has 5 nitrogen and oxygen atoms in total. The molecule has 0 saturated carbocycles. The number of benzene rings is 1. The molecule has 1 aromatic carbocycles. The van der Waals surface area contributed by atoms with Gasteiger partial charge in [-0.15, -0.1) is 0 Å². The first kappa shape index (κ1) is 16.9. The van der Waals surface area contributed by atoms with Crippen LogP contribution in [0.2, 0.25) is 0 Å². The van der Waals surface area contributed by atoms with Crippen molar-refractivity contribution in [2.75, 3.05) is 38.9 Å². The minimum atomic E-state index is 0.0262. The van der Waals surface area contributed by atoms with Crippen LogP contribution in [0.4, 0.5) is 0 Å². The number of ether oxygens (including phenoxy) is 2. The molecule has 0 spiro atoms. The predicted octanol–water partition coefficient (Wildman–Crippen LogP) is 1.61. The molecule has 0 aliphatic heterocycles. The van der Waals surface area contributed by atoms with Gasteiger partial charge in [0.1, 0.15) is 0 Å². The Hall–Kier alpha value is -1.11. The fraction of sp³-hybridized carbons (Fsp3) is 0.571. The summed E-state index contributed by atoms with van der Waals surface area (Å²) in [5.74, 6) is 2.85. The van der Waals surface area contributed by atoms with Crippen LogP contribution in [0.1, 0.15) is 12.0 Å². The molecular weight excluding hydrogens is 278 g/mol. The highest BCUT2D eigenvalue weighted by atomic mass is 32.2. The van der Waals surface area contributed by atoms with Gasteiger partial charge in [0.25, 0.3) is 0 Å². The summed E-state index contributed by atoms with van der Waals surface area (Å²) in [4.78, 5) is 0. The molecule has 0 radical (unpaired) electrons. The first-order chi connectivity index (χ1) is 9.72. The highest BCUT2D eigenvalue weighted by molar-refractivity contribution is 7.99. The van der Waals surface area contributed by atoms with Gasteiger partial charge in [0.05, 0.1) is 14.2 Å². The SMILES string of the molecule is COc1cc(CNCCSCCCO)cc(OC)c1O. The number of hydrogen-bond donors (Lipinski definition) is 3. The normalized spacial score (nSPS) is 10.6. The number of methoxy groups -OCH3 is 2. The topological polar surface area (TPSA) is 71.0 Å². The van der Waals surface area contributed by atoms with E-state index in [1.54, 1.807) is 12.1 Å². The van der Waals surface area contributed by atoms with Crippen LogP contribution in [0.25, 0.3) is 0 Å². The summed E-state index contributed by atoms with van der Waals surface area (Å²) < 4.78 is 10.2. The molecule has 114 valence electrons. The zero-order chi connectivity index (χ0) is 14.8. The largest absolute Gasteiger partial charge is 0.502 e. The summed E-state index contributed by atoms with van der Waals surface area (Å²) in [5, 5.41) is 21.8. The maximum absolute atomic E-state index is 9.81. The van der Waals surface area contributed by atoms with Gasteiger partial charge in [0.15, 0.2) is 11.5 Å². The van der Waals surface area contributed by atoms with Crippen molar-refractivity contribution in [1.29, 1.82) is 0 Å². The van der Waals surface area contributed by atoms with Crippen LogP contribution in [-0.2, 0) is 6.54 Å². The lowest BCUT2D eigenvalue weighted by molar-refractivity contribution is 0.296. The molecule has 6 heteroatoms. The minimum absolute atomic E-state index is 0.0262. The highest BCUT2D eigenvalue weighted by Crippen LogP contribution is 2.36. The average molecular weight is 301 g/mol. The van der Waals surface area contributed by atoms with Crippen LogP contribution in [0.3, 0.4) is 0 Å². The van der Waals surface area contributed by atoms with Crippen molar-refractivity contribution >= 4 is 11.8 Å². The summed E-state index contributed by atoms with van der Waals surface area (Å²) in [6.45, 7) is 1.84. The molecule has 0 saturated heterocycles. The quantitative estimate of drug-likeness (QED) is 0.570. The van der Waals surface area contributed by atoms with Crippen molar-refractivity contribution in [3.8, 4) is 17.2 Å². The molecule has 0 heterocycles. The third kappa shape index (κ3) is 5.48. The van der Waals surface area contributed by atoms with Crippen molar-refractivity contribution < 1.29 is 19.7 Å². The highest BCUT2D eigenvalue weighted by Gasteiger charge is 2.10. The van der Waals surface area contributed by atoms with E-state index in [1.165, 1.54) is 14.2 Å². The van der Waals surface area contributed by atoms with E-state index >= 15 is 0 Å². The van der Waals surface area contributed by atoms with E-state index in [0.29, 0.717) is 18.0 Å². The van der Waals surface area contributed by atoms with E-state index in [0.717, 1.165) is 30.0 Å². The van der Waals surface area contributed by atoms with Crippen LogP contribution in [-0.4, -0.2) is 49.1 Å². The number of nitrogens with one attached hydrogen (secondary N) is 1. The Kier molecular flexibility index (Phi) is 8.25. The second kappa shape index (κ2) is 9.74. The van der Waals surface area contributed by atoms with E-state index < -0.39 is 0 Å². The zero-order valence-electron chi connectivity index (χ0n) is 12.0. The summed E-state index contributed by atoms with van der Waals surface area (Å²) in [6.07, 6.45) is 0.844. The molecule has 0 atom stereocenters. The smallest absolute Gasteiger partial charge is 0.200 e. The van der Waals surface area contributed by atoms with Gasteiger partial charge in [-0.05, 0) is 29.9 Å². The van der Waals surface area contributed by atoms with E-state index in [9.17, 15) is 5.11 Å². The van der Waals surface area contributed by atoms with Crippen LogP contribution >= 0.6 is 11.8 Å². The lowest BCUT2D eigenvalue weighted by Crippen LogP contribution is -2.16. The summed E-state index contributed by atoms with van der Waals surface area (Å²) in [7, 11) is 3.03. The van der Waals surface area contributed by atoms with Crippen LogP contribution in [0.5, 0.6) is 17.2 Å². The Morgan fingerprint density at radius 2 is 1.80 bits per heavy atom. The summed E-state index contributed by atoms with van der Waals surface area (Å²) in [6, 6.07) is 3.59. The maximum Gasteiger partial charge on any atom is 0.200 e. The zero-order valence-corrected chi connectivity index (χ0v) is 12.8. The molecular formula is C14H23NO4S. The number of rotatable bonds is 10. The number of hydrogen-bond acceptors (Lipinski definition) is 6. The molecule has 0 amide bonds. The van der Waals surface area contributed by atoms with Crippen LogP contribution in [0, 0.1) is 0 Å². The van der Waals surface area contributed by atoms with Gasteiger partial charge in [-0.2, -0.15) is 11.8 Å². The Morgan fingerprint density at radius 1 is 1.15 bits per heavy atom. The number of phenolic OH excluding ortho intramolecular Hbond substituents is 1. The number of thioether (sulfide) groups is 1. The van der Waals surface area contributed by atoms with Crippen molar-refractivity contribution in [2.24, 2.45) is 0 Å². The van der Waals surface area contributed by atoms with Gasteiger partial charge in [-0.3, -0.25) is 0 Å². The van der Waals surface area contributed by atoms with Gasteiger partial charge in [0.2, 0.25) is 5.75 Å². The molecule has 3 N–H and O–H groups in total. The molecule has 20 heavy (non-hydrogen) atoms. The second-order valence-electron chi connectivity index (χ2n) is 4.22. The predicted molar refractivity (Wildman–Crippen MR) is 81.9 cm³/mol. The fourth-order valence-corrected chi connectivity index (χ4v) is 2.52. The van der Waals surface area contributed by atoms with Crippen molar-refractivity contribution in [2.45, 2.75) is 13.0 Å². The number of aromatic hydroxyl groups is 1. The molecule has 0 aromatic heterocycles. The van der Waals surface area contributed by atoms with E-state index in [2.05, 4.69) is 5.32 Å². The summed E-state index contributed by atoms with van der Waals surface area (Å²) >= 11 is 1.82. The molecule has 1 aromatic rings. The molecule has 0 bridgehead atoms. The first-order valence-electron chi connectivity index (χ1n) is 6.56. The van der Waals surface area contributed by atoms with Gasteiger partial charge in [-0.1, -0.05) is 0 Å². The standard InChI is InChI=1S/C14H23NO4S/c1-18-12-8-11(9-13(19-2)14(12)17)10-15-4-7-20-6-3-5-16/h8-9,15-17H,3-7,10H2,1-2H3. The van der Waals surface area contributed by atoms with E-state index in [1.807, 2.05) is 11.8 Å². The summed E-state index contributed by atoms with van der Waals surface area (Å²) in [5.41, 5.74) is 0.997. The van der Waals surface area contributed by atoms with Crippen molar-refractivity contribution in [3.63, 3.8) is 0 Å². The Balaban J connectivity index is 2.40. The number of phenols is 1. The van der Waals surface area contributed by atoms with Gasteiger partial charge in [0, 0.05) is 25.4 Å². The third-order valence-electron chi connectivity index (χ3n) is 2.74. The van der Waals surface area contributed by atoms with Crippen LogP contribution < -0.4 is 14.8 Å². The lowest BCUT2D eigenvalue weighted by Gasteiger charge is -2.11. The Labute approximate surface area is 124 Å². The van der Waals surface area contributed by atoms with Crippen LogP contribution in [0.15, 0.2) is 12.1 Å². The van der Waals surface area contributed by atoms with Crippen molar-refractivity contribution in [1.82, 2.24) is 5.32 Å². The molecule has 0 unspecified atom stereocenters. The first-order valence-corrected chi connectivity index (χ1v) is 7.71. The molecule has 0 fully saturated rings. The van der Waals surface area contributed by atoms with Gasteiger partial charge < -0.3 is 25.0 Å². The Morgan fingerprint density at radius 3 is 2.35 bits per heavy atom. The van der Waals surface area contributed by atoms with Gasteiger partial charge in [-0.25, -0.2) is 0 Å². The minimum Gasteiger partial charge on any atom is -0.502 e. The molecule has 0 aliphatic carbocycles. The number of aliphatic hydroxyl groups is 1. The Bertz CT molecular complexity index is 376.